The summed E-state index contributed by atoms with van der Waals surface area (Å²) in [5, 5.41) is 9.59. The number of rotatable bonds is 2. The van der Waals surface area contributed by atoms with Crippen molar-refractivity contribution >= 4 is 6.09 Å². The van der Waals surface area contributed by atoms with Crippen LogP contribution in [-0.2, 0) is 4.74 Å². The van der Waals surface area contributed by atoms with Gasteiger partial charge in [-0.3, -0.25) is 4.90 Å². The lowest BCUT2D eigenvalue weighted by molar-refractivity contribution is 0.121. The van der Waals surface area contributed by atoms with Gasteiger partial charge in [0.15, 0.2) is 0 Å². The van der Waals surface area contributed by atoms with Crippen LogP contribution in [-0.4, -0.2) is 29.8 Å². The zero-order valence-corrected chi connectivity index (χ0v) is 8.75. The van der Waals surface area contributed by atoms with Crippen LogP contribution in [0.2, 0.25) is 0 Å². The molecule has 4 nitrogen and oxygen atoms in total. The minimum Gasteiger partial charge on any atom is -0.510 e. The maximum Gasteiger partial charge on any atom is 0.413 e. The van der Waals surface area contributed by atoms with E-state index in [1.807, 2.05) is 0 Å². The Morgan fingerprint density at radius 1 is 1.50 bits per heavy atom. The lowest BCUT2D eigenvalue weighted by Crippen LogP contribution is -2.29. The quantitative estimate of drug-likeness (QED) is 0.743. The number of nitrogens with zero attached hydrogens (tertiary/aromatic N) is 1. The van der Waals surface area contributed by atoms with Gasteiger partial charge in [-0.1, -0.05) is 0 Å². The van der Waals surface area contributed by atoms with E-state index >= 15 is 0 Å². The van der Waals surface area contributed by atoms with Gasteiger partial charge in [-0.25, -0.2) is 4.79 Å². The summed E-state index contributed by atoms with van der Waals surface area (Å²) in [6, 6.07) is 0. The normalized spacial score (nSPS) is 16.7. The van der Waals surface area contributed by atoms with E-state index in [4.69, 9.17) is 4.74 Å². The van der Waals surface area contributed by atoms with Gasteiger partial charge in [0.2, 0.25) is 0 Å². The Kier molecular flexibility index (Phi) is 3.80. The summed E-state index contributed by atoms with van der Waals surface area (Å²) >= 11 is 0. The second-order valence-corrected chi connectivity index (χ2v) is 3.36. The second-order valence-electron chi connectivity index (χ2n) is 3.36. The highest BCUT2D eigenvalue weighted by atomic mass is 16.6. The number of allylic oxidation sites excluding steroid dienone is 2. The third kappa shape index (κ3) is 2.40. The Hall–Kier alpha value is -1.19. The average Bonchev–Trinajstić information content (AvgIpc) is 2.18. The van der Waals surface area contributed by atoms with Crippen LogP contribution in [0.1, 0.15) is 32.6 Å². The molecule has 0 aliphatic heterocycles. The van der Waals surface area contributed by atoms with Gasteiger partial charge < -0.3 is 9.84 Å². The fourth-order valence-electron chi connectivity index (χ4n) is 1.57. The fraction of sp³-hybridized carbons (Fsp3) is 0.700. The molecule has 0 fully saturated rings. The van der Waals surface area contributed by atoms with Gasteiger partial charge in [0, 0.05) is 13.5 Å². The lowest BCUT2D eigenvalue weighted by atomic mass is 10.0. The molecule has 0 aromatic rings. The molecule has 1 N–H and O–H groups in total. The Morgan fingerprint density at radius 2 is 2.14 bits per heavy atom. The maximum absolute atomic E-state index is 11.3. The molecule has 1 amide bonds. The summed E-state index contributed by atoms with van der Waals surface area (Å²) in [5.74, 6) is 0.326. The summed E-state index contributed by atoms with van der Waals surface area (Å²) in [5.41, 5.74) is 0.703. The minimum absolute atomic E-state index is 0.326. The summed E-state index contributed by atoms with van der Waals surface area (Å²) in [6.07, 6.45) is 3.03. The highest BCUT2D eigenvalue weighted by molar-refractivity contribution is 5.69. The predicted octanol–water partition coefficient (Wildman–Crippen LogP) is 2.42. The van der Waals surface area contributed by atoms with Crippen molar-refractivity contribution in [1.82, 2.24) is 4.90 Å². The van der Waals surface area contributed by atoms with E-state index in [9.17, 15) is 9.90 Å². The van der Waals surface area contributed by atoms with E-state index < -0.39 is 6.09 Å². The van der Waals surface area contributed by atoms with E-state index in [0.717, 1.165) is 19.3 Å². The number of carbonyl (C=O) groups is 1. The van der Waals surface area contributed by atoms with E-state index in [0.29, 0.717) is 24.5 Å². The summed E-state index contributed by atoms with van der Waals surface area (Å²) in [7, 11) is 1.63. The molecule has 0 saturated heterocycles. The van der Waals surface area contributed by atoms with Gasteiger partial charge >= 0.3 is 6.09 Å². The van der Waals surface area contributed by atoms with Crippen molar-refractivity contribution in [2.45, 2.75) is 32.6 Å². The first-order valence-corrected chi connectivity index (χ1v) is 4.98. The van der Waals surface area contributed by atoms with E-state index in [1.165, 1.54) is 4.90 Å². The molecule has 1 aliphatic rings. The zero-order chi connectivity index (χ0) is 10.6. The van der Waals surface area contributed by atoms with Crippen LogP contribution < -0.4 is 0 Å². The molecule has 0 aromatic carbocycles. The molecule has 1 rings (SSSR count). The number of aliphatic hydroxyl groups is 1. The molecule has 0 atom stereocenters. The number of hydrogen-bond acceptors (Lipinski definition) is 3. The summed E-state index contributed by atoms with van der Waals surface area (Å²) in [4.78, 5) is 12.7. The SMILES string of the molecule is CCOC(=O)N(C)C1=C(O)CCCC1. The smallest absolute Gasteiger partial charge is 0.413 e. The Balaban J connectivity index is 2.67. The third-order valence-corrected chi connectivity index (χ3v) is 2.36. The van der Waals surface area contributed by atoms with Crippen LogP contribution in [0.15, 0.2) is 11.5 Å². The summed E-state index contributed by atoms with van der Waals surface area (Å²) < 4.78 is 4.85. The van der Waals surface area contributed by atoms with Gasteiger partial charge in [-0.2, -0.15) is 0 Å². The van der Waals surface area contributed by atoms with Crippen LogP contribution in [0.4, 0.5) is 4.79 Å². The molecule has 0 heterocycles. The van der Waals surface area contributed by atoms with Crippen LogP contribution >= 0.6 is 0 Å². The molecule has 14 heavy (non-hydrogen) atoms. The number of amides is 1. The molecule has 0 saturated carbocycles. The van der Waals surface area contributed by atoms with Crippen molar-refractivity contribution in [2.75, 3.05) is 13.7 Å². The molecule has 80 valence electrons. The van der Waals surface area contributed by atoms with Crippen molar-refractivity contribution in [1.29, 1.82) is 0 Å². The molecule has 1 aliphatic carbocycles. The van der Waals surface area contributed by atoms with Gasteiger partial charge in [0.25, 0.3) is 0 Å². The fourth-order valence-corrected chi connectivity index (χ4v) is 1.57. The van der Waals surface area contributed by atoms with Crippen molar-refractivity contribution < 1.29 is 14.6 Å². The largest absolute Gasteiger partial charge is 0.510 e. The molecule has 0 spiro atoms. The molecule has 0 bridgehead atoms. The van der Waals surface area contributed by atoms with Crippen LogP contribution in [0.3, 0.4) is 0 Å². The number of carbonyl (C=O) groups excluding carboxylic acids is 1. The van der Waals surface area contributed by atoms with Gasteiger partial charge in [0.1, 0.15) is 5.76 Å². The monoisotopic (exact) mass is 199 g/mol. The van der Waals surface area contributed by atoms with Crippen molar-refractivity contribution in [2.24, 2.45) is 0 Å². The Morgan fingerprint density at radius 3 is 2.71 bits per heavy atom. The number of ether oxygens (including phenoxy) is 1. The topological polar surface area (TPSA) is 49.8 Å². The molecule has 0 unspecified atom stereocenters. The molecule has 0 radical (unpaired) electrons. The Labute approximate surface area is 84.2 Å². The first-order chi connectivity index (χ1) is 6.66. The lowest BCUT2D eigenvalue weighted by Gasteiger charge is -2.24. The van der Waals surface area contributed by atoms with Crippen LogP contribution in [0, 0.1) is 0 Å². The van der Waals surface area contributed by atoms with Gasteiger partial charge in [-0.15, -0.1) is 0 Å². The van der Waals surface area contributed by atoms with Crippen LogP contribution in [0.5, 0.6) is 0 Å². The van der Waals surface area contributed by atoms with Crippen molar-refractivity contribution in [3.63, 3.8) is 0 Å². The molecule has 4 heteroatoms. The molecular weight excluding hydrogens is 182 g/mol. The third-order valence-electron chi connectivity index (χ3n) is 2.36. The molecule has 0 aromatic heterocycles. The average molecular weight is 199 g/mol. The van der Waals surface area contributed by atoms with Crippen molar-refractivity contribution in [3.8, 4) is 0 Å². The number of hydrogen-bond donors (Lipinski definition) is 1. The van der Waals surface area contributed by atoms with Gasteiger partial charge in [-0.05, 0) is 26.2 Å². The Bertz CT molecular complexity index is 248. The first-order valence-electron chi connectivity index (χ1n) is 4.98. The molecular formula is C10H17NO3. The minimum atomic E-state index is -0.393. The van der Waals surface area contributed by atoms with Crippen molar-refractivity contribution in [3.05, 3.63) is 11.5 Å². The highest BCUT2D eigenvalue weighted by Crippen LogP contribution is 2.25. The first kappa shape index (κ1) is 10.9. The second kappa shape index (κ2) is 4.88. The number of aliphatic hydroxyl groups excluding tert-OH is 1. The summed E-state index contributed by atoms with van der Waals surface area (Å²) in [6.45, 7) is 2.12. The standard InChI is InChI=1S/C10H17NO3/c1-3-14-10(13)11(2)8-6-4-5-7-9(8)12/h12H,3-7H2,1-2H3. The van der Waals surface area contributed by atoms with Gasteiger partial charge in [0.05, 0.1) is 12.3 Å². The maximum atomic E-state index is 11.3. The predicted molar refractivity (Wildman–Crippen MR) is 52.9 cm³/mol. The zero-order valence-electron chi connectivity index (χ0n) is 8.75. The highest BCUT2D eigenvalue weighted by Gasteiger charge is 2.20. The van der Waals surface area contributed by atoms with E-state index in [-0.39, 0.29) is 0 Å². The van der Waals surface area contributed by atoms with Crippen LogP contribution in [0.25, 0.3) is 0 Å². The van der Waals surface area contributed by atoms with E-state index in [1.54, 1.807) is 14.0 Å². The van der Waals surface area contributed by atoms with E-state index in [2.05, 4.69) is 0 Å².